The van der Waals surface area contributed by atoms with E-state index in [0.717, 1.165) is 28.4 Å². The summed E-state index contributed by atoms with van der Waals surface area (Å²) in [5.74, 6) is -8.52. The molecule has 0 heterocycles. The minimum Gasteiger partial charge on any atom is -0.468 e. The number of Topliss-reactive ketones (excluding diaryl/α,β-unsaturated/α-hetero) is 2. The molecule has 0 aromatic heterocycles. The third kappa shape index (κ3) is 1.15. The van der Waals surface area contributed by atoms with E-state index >= 15 is 0 Å². The molecular weight excluding hydrogens is 364 g/mol. The van der Waals surface area contributed by atoms with Crippen molar-refractivity contribution in [2.45, 2.75) is 6.42 Å². The monoisotopic (exact) mass is 380 g/mol. The lowest BCUT2D eigenvalue weighted by molar-refractivity contribution is -0.179. The predicted molar refractivity (Wildman–Crippen MR) is 79.4 cm³/mol. The van der Waals surface area contributed by atoms with Crippen LogP contribution in [0, 0.1) is 33.5 Å². The van der Waals surface area contributed by atoms with Crippen LogP contribution in [0.15, 0.2) is 0 Å². The number of ether oxygens (including phenoxy) is 4. The summed E-state index contributed by atoms with van der Waals surface area (Å²) in [5, 5.41) is 0. The molecule has 0 radical (unpaired) electrons. The van der Waals surface area contributed by atoms with Gasteiger partial charge in [-0.2, -0.15) is 0 Å². The maximum atomic E-state index is 13.5. The van der Waals surface area contributed by atoms with Crippen molar-refractivity contribution in [1.82, 2.24) is 0 Å². The van der Waals surface area contributed by atoms with Crippen molar-refractivity contribution >= 4 is 35.4 Å². The fourth-order valence-electron chi connectivity index (χ4n) is 6.25. The Balaban J connectivity index is 2.05. The van der Waals surface area contributed by atoms with Crippen molar-refractivity contribution < 1.29 is 47.7 Å². The Morgan fingerprint density at radius 1 is 0.630 bits per heavy atom. The molecule has 10 nitrogen and oxygen atoms in total. The summed E-state index contributed by atoms with van der Waals surface area (Å²) >= 11 is 0. The first kappa shape index (κ1) is 17.6. The van der Waals surface area contributed by atoms with Crippen molar-refractivity contribution in [2.24, 2.45) is 33.5 Å². The Morgan fingerprint density at radius 3 is 1.04 bits per heavy atom. The molecule has 0 N–H and O–H groups in total. The van der Waals surface area contributed by atoms with Crippen molar-refractivity contribution in [3.8, 4) is 0 Å². The number of hydrogen-bond acceptors (Lipinski definition) is 10. The van der Waals surface area contributed by atoms with E-state index in [0.29, 0.717) is 0 Å². The molecule has 0 aliphatic heterocycles. The van der Waals surface area contributed by atoms with Gasteiger partial charge in [-0.25, -0.2) is 0 Å². The van der Waals surface area contributed by atoms with Gasteiger partial charge in [-0.3, -0.25) is 28.8 Å². The molecule has 5 saturated carbocycles. The van der Waals surface area contributed by atoms with Gasteiger partial charge in [-0.1, -0.05) is 0 Å². The summed E-state index contributed by atoms with van der Waals surface area (Å²) < 4.78 is 18.9. The third-order valence-corrected chi connectivity index (χ3v) is 7.10. The first-order valence-electron chi connectivity index (χ1n) is 8.15. The van der Waals surface area contributed by atoms with Crippen LogP contribution in [0.4, 0.5) is 0 Å². The molecule has 6 atom stereocenters. The van der Waals surface area contributed by atoms with E-state index in [1.54, 1.807) is 0 Å². The van der Waals surface area contributed by atoms with E-state index in [-0.39, 0.29) is 6.42 Å². The molecule has 27 heavy (non-hydrogen) atoms. The van der Waals surface area contributed by atoms with Crippen molar-refractivity contribution in [1.29, 1.82) is 0 Å². The fourth-order valence-corrected chi connectivity index (χ4v) is 6.25. The van der Waals surface area contributed by atoms with Gasteiger partial charge in [0.15, 0.2) is 33.2 Å². The quantitative estimate of drug-likeness (QED) is 0.319. The van der Waals surface area contributed by atoms with Crippen LogP contribution < -0.4 is 0 Å². The highest BCUT2D eigenvalue weighted by Crippen LogP contribution is 2.94. The normalized spacial score (nSPS) is 44.7. The van der Waals surface area contributed by atoms with Crippen LogP contribution in [-0.2, 0) is 47.7 Å². The third-order valence-electron chi connectivity index (χ3n) is 7.10. The average molecular weight is 380 g/mol. The van der Waals surface area contributed by atoms with E-state index in [1.807, 2.05) is 0 Å². The van der Waals surface area contributed by atoms with E-state index in [4.69, 9.17) is 18.9 Å². The summed E-state index contributed by atoms with van der Waals surface area (Å²) in [7, 11) is 4.02. The zero-order chi connectivity index (χ0) is 20.2. The molecule has 10 heteroatoms. The highest BCUT2D eigenvalue weighted by Gasteiger charge is 3.12. The van der Waals surface area contributed by atoms with Gasteiger partial charge >= 0.3 is 23.9 Å². The maximum Gasteiger partial charge on any atom is 0.321 e. The average Bonchev–Trinajstić information content (AvgIpc) is 3.54. The lowest BCUT2D eigenvalue weighted by Crippen LogP contribution is -2.57. The van der Waals surface area contributed by atoms with Crippen molar-refractivity contribution in [2.75, 3.05) is 28.4 Å². The molecule has 144 valence electrons. The Labute approximate surface area is 152 Å². The number of hydrogen-bond donors (Lipinski definition) is 0. The molecule has 5 rings (SSSR count). The second-order valence-corrected chi connectivity index (χ2v) is 7.20. The van der Waals surface area contributed by atoms with Gasteiger partial charge in [-0.05, 0) is 6.42 Å². The molecule has 5 aliphatic carbocycles. The Morgan fingerprint density at radius 2 is 0.852 bits per heavy atom. The smallest absolute Gasteiger partial charge is 0.321 e. The topological polar surface area (TPSA) is 139 Å². The van der Waals surface area contributed by atoms with Gasteiger partial charge in [0, 0.05) is 11.8 Å². The summed E-state index contributed by atoms with van der Waals surface area (Å²) in [6, 6.07) is 0. The lowest BCUT2D eigenvalue weighted by Gasteiger charge is -2.32. The highest BCUT2D eigenvalue weighted by atomic mass is 16.5. The molecular formula is C17H16O10. The van der Waals surface area contributed by atoms with Crippen LogP contribution in [0.5, 0.6) is 0 Å². The summed E-state index contributed by atoms with van der Waals surface area (Å²) in [5.41, 5.74) is -8.76. The van der Waals surface area contributed by atoms with Crippen LogP contribution in [0.3, 0.4) is 0 Å². The molecule has 0 aromatic rings. The molecule has 0 spiro atoms. The van der Waals surface area contributed by atoms with E-state index < -0.39 is 68.9 Å². The summed E-state index contributed by atoms with van der Waals surface area (Å²) in [6.07, 6.45) is -0.0636. The Hall–Kier alpha value is -2.78. The number of carbonyl (C=O) groups excluding carboxylic acids is 6. The van der Waals surface area contributed by atoms with Crippen LogP contribution in [-0.4, -0.2) is 63.9 Å². The number of rotatable bonds is 4. The first-order valence-corrected chi connectivity index (χ1v) is 8.15. The Bertz CT molecular complexity index is 741. The number of esters is 4. The van der Waals surface area contributed by atoms with Crippen LogP contribution in [0.25, 0.3) is 0 Å². The standard InChI is InChI=1S/C17H16O10/c1-24-10(20)14-6-5-7-16(8(14)18,12(22)26-3)17(7,13(23)27-4)9(19)15(6,14)11(21)25-2/h6-7H,5H2,1-4H3/t6?,7?,14-,15+,16+,17-. The van der Waals surface area contributed by atoms with Crippen molar-refractivity contribution in [3.05, 3.63) is 0 Å². The number of ketones is 2. The zero-order valence-corrected chi connectivity index (χ0v) is 14.9. The molecule has 2 unspecified atom stereocenters. The van der Waals surface area contributed by atoms with Gasteiger partial charge in [0.1, 0.15) is 0 Å². The van der Waals surface area contributed by atoms with Gasteiger partial charge in [0.25, 0.3) is 0 Å². The maximum absolute atomic E-state index is 13.5. The van der Waals surface area contributed by atoms with Gasteiger partial charge in [0.2, 0.25) is 0 Å². The summed E-state index contributed by atoms with van der Waals surface area (Å²) in [6.45, 7) is 0. The molecule has 5 aliphatic rings. The predicted octanol–water partition coefficient (Wildman–Crippen LogP) is -1.56. The van der Waals surface area contributed by atoms with Crippen LogP contribution >= 0.6 is 0 Å². The van der Waals surface area contributed by atoms with E-state index in [9.17, 15) is 28.8 Å². The van der Waals surface area contributed by atoms with Crippen LogP contribution in [0.1, 0.15) is 6.42 Å². The molecule has 6 bridgehead atoms. The molecule has 0 amide bonds. The minimum atomic E-state index is -2.19. The summed E-state index contributed by atoms with van der Waals surface area (Å²) in [4.78, 5) is 77.6. The first-order chi connectivity index (χ1) is 12.7. The number of carbonyl (C=O) groups is 6. The zero-order valence-electron chi connectivity index (χ0n) is 14.9. The van der Waals surface area contributed by atoms with Gasteiger partial charge < -0.3 is 18.9 Å². The number of methoxy groups -OCH3 is 4. The van der Waals surface area contributed by atoms with Gasteiger partial charge in [0.05, 0.1) is 28.4 Å². The van der Waals surface area contributed by atoms with Crippen molar-refractivity contribution in [3.63, 3.8) is 0 Å². The lowest BCUT2D eigenvalue weighted by atomic mass is 9.66. The Kier molecular flexibility index (Phi) is 2.97. The molecule has 0 aromatic carbocycles. The van der Waals surface area contributed by atoms with E-state index in [1.165, 1.54) is 0 Å². The molecule has 5 fully saturated rings. The van der Waals surface area contributed by atoms with Crippen LogP contribution in [0.2, 0.25) is 0 Å². The SMILES string of the molecule is COC(=O)[C@]12C(=O)[C@]3(C(=O)OC)C4CC1[C@@]2(C(=O)OC)C(=O)[C@@]43C(=O)OC. The van der Waals surface area contributed by atoms with E-state index in [2.05, 4.69) is 0 Å². The minimum absolute atomic E-state index is 0.0636. The second kappa shape index (κ2) is 4.55. The largest absolute Gasteiger partial charge is 0.468 e. The highest BCUT2D eigenvalue weighted by molar-refractivity contribution is 6.42. The fraction of sp³-hybridized carbons (Fsp3) is 0.647. The second-order valence-electron chi connectivity index (χ2n) is 7.20. The van der Waals surface area contributed by atoms with Gasteiger partial charge in [-0.15, -0.1) is 0 Å². The molecule has 0 saturated heterocycles.